The van der Waals surface area contributed by atoms with Gasteiger partial charge < -0.3 is 15.5 Å². The summed E-state index contributed by atoms with van der Waals surface area (Å²) in [5.74, 6) is -0.0288. The number of piperazine rings is 1. The van der Waals surface area contributed by atoms with E-state index in [4.69, 9.17) is 17.3 Å². The Hall–Kier alpha value is -2.60. The van der Waals surface area contributed by atoms with E-state index in [1.54, 1.807) is 47.5 Å². The van der Waals surface area contributed by atoms with Gasteiger partial charge in [-0.2, -0.15) is 0 Å². The topological polar surface area (TPSA) is 79.5 Å². The summed E-state index contributed by atoms with van der Waals surface area (Å²) in [5.41, 5.74) is 6.30. The molecule has 0 bridgehead atoms. The van der Waals surface area contributed by atoms with Crippen molar-refractivity contribution in [3.8, 4) is 0 Å². The summed E-state index contributed by atoms with van der Waals surface area (Å²) in [5, 5.41) is 0.450. The number of amides is 2. The molecule has 0 aliphatic carbocycles. The van der Waals surface area contributed by atoms with Crippen LogP contribution in [-0.4, -0.2) is 47.9 Å². The molecule has 2 heterocycles. The van der Waals surface area contributed by atoms with Gasteiger partial charge in [-0.25, -0.2) is 4.98 Å². The number of hydrogen-bond acceptors (Lipinski definition) is 4. The third-order valence-corrected chi connectivity index (χ3v) is 4.35. The molecule has 1 aromatic carbocycles. The molecule has 0 saturated carbocycles. The molecule has 1 aliphatic rings. The summed E-state index contributed by atoms with van der Waals surface area (Å²) in [7, 11) is 0. The monoisotopic (exact) mass is 344 g/mol. The lowest BCUT2D eigenvalue weighted by molar-refractivity contribution is 0.0746. The van der Waals surface area contributed by atoms with Gasteiger partial charge in [-0.1, -0.05) is 23.7 Å². The average Bonchev–Trinajstić information content (AvgIpc) is 2.62. The Labute approximate surface area is 144 Å². The predicted octanol–water partition coefficient (Wildman–Crippen LogP) is 1.80. The van der Waals surface area contributed by atoms with Gasteiger partial charge >= 0.3 is 0 Å². The summed E-state index contributed by atoms with van der Waals surface area (Å²) in [6.07, 6.45) is 1.63. The maximum absolute atomic E-state index is 12.6. The predicted molar refractivity (Wildman–Crippen MR) is 92.3 cm³/mol. The van der Waals surface area contributed by atoms with Gasteiger partial charge in [0.05, 0.1) is 16.1 Å². The molecule has 1 fully saturated rings. The van der Waals surface area contributed by atoms with E-state index in [2.05, 4.69) is 4.98 Å². The highest BCUT2D eigenvalue weighted by atomic mass is 35.5. The summed E-state index contributed by atoms with van der Waals surface area (Å²) in [6, 6.07) is 10.4. The van der Waals surface area contributed by atoms with Gasteiger partial charge in [0.15, 0.2) is 0 Å². The molecule has 24 heavy (non-hydrogen) atoms. The highest BCUT2D eigenvalue weighted by Gasteiger charge is 2.25. The lowest BCUT2D eigenvalue weighted by Gasteiger charge is -2.36. The summed E-state index contributed by atoms with van der Waals surface area (Å²) in [4.78, 5) is 32.1. The van der Waals surface area contributed by atoms with Crippen molar-refractivity contribution in [1.29, 1.82) is 0 Å². The Morgan fingerprint density at radius 1 is 1.00 bits per heavy atom. The zero-order valence-corrected chi connectivity index (χ0v) is 13.7. The van der Waals surface area contributed by atoms with Gasteiger partial charge in [0, 0.05) is 32.4 Å². The SMILES string of the molecule is NC(=O)c1cccnc1N1CCN(C(=O)c2ccccc2Cl)CC1. The first-order valence-corrected chi connectivity index (χ1v) is 7.99. The highest BCUT2D eigenvalue weighted by molar-refractivity contribution is 6.33. The van der Waals surface area contributed by atoms with Crippen molar-refractivity contribution in [2.24, 2.45) is 5.73 Å². The van der Waals surface area contributed by atoms with Crippen LogP contribution in [0.2, 0.25) is 5.02 Å². The number of carbonyl (C=O) groups excluding carboxylic acids is 2. The Morgan fingerprint density at radius 3 is 2.33 bits per heavy atom. The Morgan fingerprint density at radius 2 is 1.67 bits per heavy atom. The summed E-state index contributed by atoms with van der Waals surface area (Å²) < 4.78 is 0. The maximum atomic E-state index is 12.6. The minimum atomic E-state index is -0.507. The number of carbonyl (C=O) groups is 2. The second kappa shape index (κ2) is 6.88. The van der Waals surface area contributed by atoms with E-state index in [0.29, 0.717) is 48.1 Å². The number of rotatable bonds is 3. The van der Waals surface area contributed by atoms with Crippen molar-refractivity contribution >= 4 is 29.2 Å². The van der Waals surface area contributed by atoms with Crippen LogP contribution in [0.3, 0.4) is 0 Å². The van der Waals surface area contributed by atoms with E-state index in [9.17, 15) is 9.59 Å². The van der Waals surface area contributed by atoms with Crippen LogP contribution in [0, 0.1) is 0 Å². The van der Waals surface area contributed by atoms with Gasteiger partial charge in [0.1, 0.15) is 5.82 Å². The van der Waals surface area contributed by atoms with E-state index in [-0.39, 0.29) is 5.91 Å². The van der Waals surface area contributed by atoms with Gasteiger partial charge in [-0.15, -0.1) is 0 Å². The van der Waals surface area contributed by atoms with Crippen molar-refractivity contribution in [3.63, 3.8) is 0 Å². The standard InChI is InChI=1S/C17H17ClN4O2/c18-14-6-2-1-4-12(14)17(24)22-10-8-21(9-11-22)16-13(15(19)23)5-3-7-20-16/h1-7H,8-11H2,(H2,19,23). The molecule has 1 aromatic heterocycles. The highest BCUT2D eigenvalue weighted by Crippen LogP contribution is 2.21. The average molecular weight is 345 g/mol. The molecule has 1 saturated heterocycles. The summed E-state index contributed by atoms with van der Waals surface area (Å²) in [6.45, 7) is 2.21. The quantitative estimate of drug-likeness (QED) is 0.920. The number of nitrogens with zero attached hydrogens (tertiary/aromatic N) is 3. The molecule has 0 spiro atoms. The Balaban J connectivity index is 1.72. The molecular weight excluding hydrogens is 328 g/mol. The zero-order valence-electron chi connectivity index (χ0n) is 13.0. The third kappa shape index (κ3) is 3.19. The van der Waals surface area contributed by atoms with Crippen LogP contribution in [0.4, 0.5) is 5.82 Å². The van der Waals surface area contributed by atoms with Crippen molar-refractivity contribution in [2.45, 2.75) is 0 Å². The zero-order chi connectivity index (χ0) is 17.1. The molecule has 6 nitrogen and oxygen atoms in total. The smallest absolute Gasteiger partial charge is 0.255 e. The molecule has 124 valence electrons. The van der Waals surface area contributed by atoms with Gasteiger partial charge in [-0.05, 0) is 24.3 Å². The number of anilines is 1. The molecule has 3 rings (SSSR count). The number of benzene rings is 1. The second-order valence-corrected chi connectivity index (χ2v) is 5.91. The van der Waals surface area contributed by atoms with Gasteiger partial charge in [0.2, 0.25) is 0 Å². The Kier molecular flexibility index (Phi) is 4.66. The van der Waals surface area contributed by atoms with Crippen LogP contribution in [0.15, 0.2) is 42.6 Å². The fourth-order valence-corrected chi connectivity index (χ4v) is 2.98. The van der Waals surface area contributed by atoms with Crippen LogP contribution in [0.5, 0.6) is 0 Å². The van der Waals surface area contributed by atoms with Crippen molar-refractivity contribution in [2.75, 3.05) is 31.1 Å². The molecule has 0 radical (unpaired) electrons. The minimum Gasteiger partial charge on any atom is -0.365 e. The van der Waals surface area contributed by atoms with E-state index in [1.165, 1.54) is 0 Å². The number of hydrogen-bond donors (Lipinski definition) is 1. The van der Waals surface area contributed by atoms with Crippen LogP contribution < -0.4 is 10.6 Å². The molecule has 7 heteroatoms. The fourth-order valence-electron chi connectivity index (χ4n) is 2.77. The first-order valence-electron chi connectivity index (χ1n) is 7.61. The van der Waals surface area contributed by atoms with Crippen LogP contribution in [-0.2, 0) is 0 Å². The van der Waals surface area contributed by atoms with E-state index in [0.717, 1.165) is 0 Å². The number of pyridine rings is 1. The van der Waals surface area contributed by atoms with E-state index >= 15 is 0 Å². The lowest BCUT2D eigenvalue weighted by atomic mass is 10.1. The van der Waals surface area contributed by atoms with Crippen LogP contribution >= 0.6 is 11.6 Å². The first-order chi connectivity index (χ1) is 11.6. The van der Waals surface area contributed by atoms with Crippen molar-refractivity contribution < 1.29 is 9.59 Å². The molecule has 2 amide bonds. The fraction of sp³-hybridized carbons (Fsp3) is 0.235. The van der Waals surface area contributed by atoms with Crippen LogP contribution in [0.25, 0.3) is 0 Å². The van der Waals surface area contributed by atoms with E-state index in [1.807, 2.05) is 4.90 Å². The lowest BCUT2D eigenvalue weighted by Crippen LogP contribution is -2.49. The number of primary amides is 1. The minimum absolute atomic E-state index is 0.0867. The van der Waals surface area contributed by atoms with Gasteiger partial charge in [-0.3, -0.25) is 9.59 Å². The largest absolute Gasteiger partial charge is 0.365 e. The Bertz CT molecular complexity index is 773. The second-order valence-electron chi connectivity index (χ2n) is 5.50. The van der Waals surface area contributed by atoms with Crippen molar-refractivity contribution in [3.05, 3.63) is 58.7 Å². The van der Waals surface area contributed by atoms with E-state index < -0.39 is 5.91 Å². The molecular formula is C17H17ClN4O2. The molecule has 0 unspecified atom stereocenters. The molecule has 2 aromatic rings. The summed E-state index contributed by atoms with van der Waals surface area (Å²) >= 11 is 6.10. The molecule has 1 aliphatic heterocycles. The normalized spacial score (nSPS) is 14.5. The van der Waals surface area contributed by atoms with Gasteiger partial charge in [0.25, 0.3) is 11.8 Å². The third-order valence-electron chi connectivity index (χ3n) is 4.02. The number of aromatic nitrogens is 1. The maximum Gasteiger partial charge on any atom is 0.255 e. The number of halogens is 1. The molecule has 0 atom stereocenters. The molecule has 2 N–H and O–H groups in total. The first kappa shape index (κ1) is 16.3. The van der Waals surface area contributed by atoms with Crippen molar-refractivity contribution in [1.82, 2.24) is 9.88 Å². The number of nitrogens with two attached hydrogens (primary N) is 1. The van der Waals surface area contributed by atoms with Crippen LogP contribution in [0.1, 0.15) is 20.7 Å².